The van der Waals surface area contributed by atoms with Crippen LogP contribution in [0.5, 0.6) is 0 Å². The summed E-state index contributed by atoms with van der Waals surface area (Å²) in [6, 6.07) is 7.74. The Labute approximate surface area is 151 Å². The third kappa shape index (κ3) is 2.38. The number of nitrogens with zero attached hydrogens (tertiary/aromatic N) is 6. The lowest BCUT2D eigenvalue weighted by Crippen LogP contribution is -2.31. The molecule has 1 saturated heterocycles. The number of benzene rings is 1. The standard InChI is InChI=1S/C19H22N6O/c1-23-18(20-14-7-3-2-6-13(14)19(23)26)15-8-4-10-24(15)12-17-22-21-16-9-5-11-25(16)17/h2-3,6-7,15H,4-5,8-12H2,1H3. The first kappa shape index (κ1) is 15.7. The van der Waals surface area contributed by atoms with Gasteiger partial charge in [-0.15, -0.1) is 10.2 Å². The third-order valence-corrected chi connectivity index (χ3v) is 5.71. The minimum absolute atomic E-state index is 0.0285. The van der Waals surface area contributed by atoms with Gasteiger partial charge in [0.2, 0.25) is 0 Å². The van der Waals surface area contributed by atoms with Gasteiger partial charge in [0.15, 0.2) is 0 Å². The van der Waals surface area contributed by atoms with Crippen LogP contribution < -0.4 is 5.56 Å². The average molecular weight is 350 g/mol. The van der Waals surface area contributed by atoms with Gasteiger partial charge in [-0.25, -0.2) is 4.98 Å². The summed E-state index contributed by atoms with van der Waals surface area (Å²) < 4.78 is 3.97. The molecule has 0 radical (unpaired) electrons. The fourth-order valence-electron chi connectivity index (χ4n) is 4.35. The Morgan fingerprint density at radius 2 is 2.04 bits per heavy atom. The molecule has 5 rings (SSSR count). The predicted molar refractivity (Wildman–Crippen MR) is 97.7 cm³/mol. The number of aryl methyl sites for hydroxylation is 1. The minimum Gasteiger partial charge on any atom is -0.314 e. The maximum absolute atomic E-state index is 12.8. The topological polar surface area (TPSA) is 68.8 Å². The van der Waals surface area contributed by atoms with Crippen molar-refractivity contribution in [3.8, 4) is 0 Å². The van der Waals surface area contributed by atoms with Crippen LogP contribution in [0.4, 0.5) is 0 Å². The summed E-state index contributed by atoms with van der Waals surface area (Å²) in [6.45, 7) is 2.78. The summed E-state index contributed by atoms with van der Waals surface area (Å²) in [6.07, 6.45) is 4.30. The van der Waals surface area contributed by atoms with Crippen LogP contribution in [0.3, 0.4) is 0 Å². The van der Waals surface area contributed by atoms with Crippen molar-refractivity contribution in [2.45, 2.75) is 44.8 Å². The second-order valence-corrected chi connectivity index (χ2v) is 7.27. The van der Waals surface area contributed by atoms with E-state index in [0.717, 1.165) is 68.3 Å². The monoisotopic (exact) mass is 350 g/mol. The summed E-state index contributed by atoms with van der Waals surface area (Å²) >= 11 is 0. The number of likely N-dealkylation sites (tertiary alicyclic amines) is 1. The zero-order valence-electron chi connectivity index (χ0n) is 14.9. The van der Waals surface area contributed by atoms with Crippen LogP contribution >= 0.6 is 0 Å². The number of para-hydroxylation sites is 1. The predicted octanol–water partition coefficient (Wildman–Crippen LogP) is 1.81. The number of aromatic nitrogens is 5. The first-order valence-corrected chi connectivity index (χ1v) is 9.33. The normalized spacial score (nSPS) is 20.1. The fraction of sp³-hybridized carbons (Fsp3) is 0.474. The molecule has 0 aliphatic carbocycles. The summed E-state index contributed by atoms with van der Waals surface area (Å²) in [5, 5.41) is 9.41. The smallest absolute Gasteiger partial charge is 0.261 e. The molecule has 2 aromatic heterocycles. The third-order valence-electron chi connectivity index (χ3n) is 5.71. The molecule has 2 aliphatic heterocycles. The highest BCUT2D eigenvalue weighted by molar-refractivity contribution is 5.77. The van der Waals surface area contributed by atoms with E-state index in [1.54, 1.807) is 4.57 Å². The zero-order chi connectivity index (χ0) is 17.7. The van der Waals surface area contributed by atoms with E-state index >= 15 is 0 Å². The van der Waals surface area contributed by atoms with Gasteiger partial charge < -0.3 is 4.57 Å². The summed E-state index contributed by atoms with van der Waals surface area (Å²) in [4.78, 5) is 20.0. The average Bonchev–Trinajstić information content (AvgIpc) is 3.37. The van der Waals surface area contributed by atoms with E-state index in [4.69, 9.17) is 4.98 Å². The Morgan fingerprint density at radius 1 is 1.15 bits per heavy atom. The SMILES string of the molecule is Cn1c(C2CCCN2Cc2nnc3n2CCC3)nc2ccccc2c1=O. The van der Waals surface area contributed by atoms with E-state index in [2.05, 4.69) is 19.7 Å². The molecule has 0 spiro atoms. The molecule has 0 saturated carbocycles. The summed E-state index contributed by atoms with van der Waals surface area (Å²) in [7, 11) is 1.84. The zero-order valence-corrected chi connectivity index (χ0v) is 14.9. The lowest BCUT2D eigenvalue weighted by molar-refractivity contribution is 0.226. The highest BCUT2D eigenvalue weighted by Crippen LogP contribution is 2.32. The Balaban J connectivity index is 1.52. The number of rotatable bonds is 3. The van der Waals surface area contributed by atoms with Crippen molar-refractivity contribution in [3.05, 3.63) is 52.1 Å². The van der Waals surface area contributed by atoms with Crippen molar-refractivity contribution in [2.24, 2.45) is 7.05 Å². The van der Waals surface area contributed by atoms with Gasteiger partial charge in [-0.3, -0.25) is 14.3 Å². The van der Waals surface area contributed by atoms with E-state index in [1.165, 1.54) is 0 Å². The molecule has 1 aromatic carbocycles. The van der Waals surface area contributed by atoms with Gasteiger partial charge in [-0.05, 0) is 37.9 Å². The van der Waals surface area contributed by atoms with Crippen LogP contribution in [0.15, 0.2) is 29.1 Å². The summed E-state index contributed by atoms with van der Waals surface area (Å²) in [5.74, 6) is 2.99. The Bertz CT molecular complexity index is 1040. The van der Waals surface area contributed by atoms with Crippen molar-refractivity contribution in [2.75, 3.05) is 6.54 Å². The van der Waals surface area contributed by atoms with Gasteiger partial charge in [0.1, 0.15) is 17.5 Å². The van der Waals surface area contributed by atoms with Crippen LogP contribution in [0.2, 0.25) is 0 Å². The van der Waals surface area contributed by atoms with Crippen molar-refractivity contribution in [3.63, 3.8) is 0 Å². The van der Waals surface area contributed by atoms with Gasteiger partial charge in [-0.1, -0.05) is 12.1 Å². The molecule has 134 valence electrons. The first-order chi connectivity index (χ1) is 12.7. The van der Waals surface area contributed by atoms with Crippen LogP contribution in [-0.2, 0) is 26.6 Å². The maximum atomic E-state index is 12.8. The first-order valence-electron chi connectivity index (χ1n) is 9.33. The minimum atomic E-state index is 0.0285. The van der Waals surface area contributed by atoms with E-state index in [0.29, 0.717) is 5.39 Å². The lowest BCUT2D eigenvalue weighted by atomic mass is 10.1. The summed E-state index contributed by atoms with van der Waals surface area (Å²) in [5.41, 5.74) is 0.807. The second kappa shape index (κ2) is 6.02. The molecular formula is C19H22N6O. The van der Waals surface area contributed by atoms with E-state index in [-0.39, 0.29) is 11.6 Å². The van der Waals surface area contributed by atoms with Crippen LogP contribution in [-0.4, -0.2) is 35.8 Å². The molecule has 7 heteroatoms. The second-order valence-electron chi connectivity index (χ2n) is 7.27. The quantitative estimate of drug-likeness (QED) is 0.721. The number of hydrogen-bond donors (Lipinski definition) is 0. The molecule has 0 bridgehead atoms. The molecule has 1 unspecified atom stereocenters. The molecule has 0 N–H and O–H groups in total. The van der Waals surface area contributed by atoms with Crippen molar-refractivity contribution >= 4 is 10.9 Å². The Hall–Kier alpha value is -2.54. The molecule has 2 aliphatic rings. The lowest BCUT2D eigenvalue weighted by Gasteiger charge is -2.25. The molecule has 1 atom stereocenters. The van der Waals surface area contributed by atoms with Gasteiger partial charge in [0.25, 0.3) is 5.56 Å². The molecule has 1 fully saturated rings. The molecule has 26 heavy (non-hydrogen) atoms. The Morgan fingerprint density at radius 3 is 2.96 bits per heavy atom. The molecular weight excluding hydrogens is 328 g/mol. The molecule has 4 heterocycles. The molecule has 3 aromatic rings. The molecule has 7 nitrogen and oxygen atoms in total. The largest absolute Gasteiger partial charge is 0.314 e. The van der Waals surface area contributed by atoms with Gasteiger partial charge in [0.05, 0.1) is 23.5 Å². The van der Waals surface area contributed by atoms with E-state index in [9.17, 15) is 4.79 Å². The Kier molecular flexibility index (Phi) is 3.63. The van der Waals surface area contributed by atoms with Crippen LogP contribution in [0.1, 0.15) is 42.8 Å². The van der Waals surface area contributed by atoms with Gasteiger partial charge >= 0.3 is 0 Å². The molecule has 0 amide bonds. The highest BCUT2D eigenvalue weighted by atomic mass is 16.1. The van der Waals surface area contributed by atoms with Crippen LogP contribution in [0.25, 0.3) is 10.9 Å². The van der Waals surface area contributed by atoms with Gasteiger partial charge in [-0.2, -0.15) is 0 Å². The maximum Gasteiger partial charge on any atom is 0.261 e. The van der Waals surface area contributed by atoms with Crippen molar-refractivity contribution in [1.29, 1.82) is 0 Å². The van der Waals surface area contributed by atoms with E-state index in [1.807, 2.05) is 31.3 Å². The van der Waals surface area contributed by atoms with Crippen molar-refractivity contribution < 1.29 is 0 Å². The van der Waals surface area contributed by atoms with E-state index < -0.39 is 0 Å². The number of fused-ring (bicyclic) bond motifs is 2. The van der Waals surface area contributed by atoms with Crippen molar-refractivity contribution in [1.82, 2.24) is 29.2 Å². The van der Waals surface area contributed by atoms with Gasteiger partial charge in [0, 0.05) is 20.0 Å². The fourth-order valence-corrected chi connectivity index (χ4v) is 4.35. The number of hydrogen-bond acceptors (Lipinski definition) is 5. The highest BCUT2D eigenvalue weighted by Gasteiger charge is 2.31. The van der Waals surface area contributed by atoms with Crippen LogP contribution in [0, 0.1) is 0 Å².